The Morgan fingerprint density at radius 3 is 2.58 bits per heavy atom. The van der Waals surface area contributed by atoms with E-state index in [0.29, 0.717) is 11.8 Å². The highest BCUT2D eigenvalue weighted by Gasteiger charge is 2.27. The second-order valence-corrected chi connectivity index (χ2v) is 6.83. The van der Waals surface area contributed by atoms with E-state index in [9.17, 15) is 0 Å². The fourth-order valence-corrected chi connectivity index (χ4v) is 2.93. The van der Waals surface area contributed by atoms with Gasteiger partial charge in [0.15, 0.2) is 5.96 Å². The second-order valence-electron chi connectivity index (χ2n) is 6.83. The molecule has 2 N–H and O–H groups in total. The van der Waals surface area contributed by atoms with Gasteiger partial charge in [0.05, 0.1) is 6.10 Å². The van der Waals surface area contributed by atoms with Crippen LogP contribution in [-0.4, -0.2) is 32.7 Å². The number of guanidine groups is 1. The van der Waals surface area contributed by atoms with Gasteiger partial charge in [0.25, 0.3) is 0 Å². The molecule has 0 amide bonds. The van der Waals surface area contributed by atoms with Gasteiger partial charge >= 0.3 is 0 Å². The van der Waals surface area contributed by atoms with Crippen LogP contribution >= 0.6 is 24.0 Å². The molecule has 136 valence electrons. The lowest BCUT2D eigenvalue weighted by Gasteiger charge is -2.32. The summed E-state index contributed by atoms with van der Waals surface area (Å²) >= 11 is 0. The molecule has 0 aromatic heterocycles. The van der Waals surface area contributed by atoms with E-state index in [-0.39, 0.29) is 30.1 Å². The Hall–Kier alpha value is -0.820. The highest BCUT2D eigenvalue weighted by molar-refractivity contribution is 14.0. The summed E-state index contributed by atoms with van der Waals surface area (Å²) in [6.07, 6.45) is 2.50. The average Bonchev–Trinajstić information content (AvgIpc) is 2.56. The van der Waals surface area contributed by atoms with Gasteiger partial charge in [0, 0.05) is 32.7 Å². The van der Waals surface area contributed by atoms with Crippen molar-refractivity contribution in [1.29, 1.82) is 0 Å². The fraction of sp³-hybridized carbons (Fsp3) is 0.632. The molecular formula is C19H32IN3O. The van der Waals surface area contributed by atoms with E-state index in [4.69, 9.17) is 4.74 Å². The first kappa shape index (κ1) is 21.2. The van der Waals surface area contributed by atoms with Crippen molar-refractivity contribution in [3.8, 4) is 0 Å². The first-order chi connectivity index (χ1) is 11.1. The third-order valence-corrected chi connectivity index (χ3v) is 4.28. The molecule has 0 radical (unpaired) electrons. The largest absolute Gasteiger partial charge is 0.373 e. The van der Waals surface area contributed by atoms with Crippen molar-refractivity contribution in [1.82, 2.24) is 10.6 Å². The minimum absolute atomic E-state index is 0. The Morgan fingerprint density at radius 1 is 1.25 bits per heavy atom. The van der Waals surface area contributed by atoms with Crippen molar-refractivity contribution in [2.75, 3.05) is 26.7 Å². The first-order valence-corrected chi connectivity index (χ1v) is 8.73. The van der Waals surface area contributed by atoms with Crippen molar-refractivity contribution in [3.63, 3.8) is 0 Å². The number of benzene rings is 1. The fourth-order valence-electron chi connectivity index (χ4n) is 2.93. The van der Waals surface area contributed by atoms with Gasteiger partial charge in [-0.1, -0.05) is 43.7 Å². The lowest BCUT2D eigenvalue weighted by molar-refractivity contribution is -0.0265. The highest BCUT2D eigenvalue weighted by atomic mass is 127. The molecule has 1 aliphatic rings. The van der Waals surface area contributed by atoms with Crippen molar-refractivity contribution in [2.24, 2.45) is 16.8 Å². The van der Waals surface area contributed by atoms with Gasteiger partial charge in [0.2, 0.25) is 0 Å². The SMILES string of the molecule is CN=C(NCC(C)C)NCC1CCCOC1c1ccc(C)cc1.I. The zero-order valence-corrected chi connectivity index (χ0v) is 17.7. The van der Waals surface area contributed by atoms with E-state index in [1.807, 2.05) is 7.05 Å². The molecule has 24 heavy (non-hydrogen) atoms. The quantitative estimate of drug-likeness (QED) is 0.411. The summed E-state index contributed by atoms with van der Waals surface area (Å²) in [7, 11) is 1.82. The summed E-state index contributed by atoms with van der Waals surface area (Å²) in [6.45, 7) is 9.19. The smallest absolute Gasteiger partial charge is 0.190 e. The molecule has 1 aliphatic heterocycles. The van der Waals surface area contributed by atoms with Crippen LogP contribution in [-0.2, 0) is 4.74 Å². The molecule has 1 aromatic rings. The molecule has 4 nitrogen and oxygen atoms in total. The molecule has 0 bridgehead atoms. The predicted molar refractivity (Wildman–Crippen MR) is 112 cm³/mol. The molecule has 1 saturated heterocycles. The Bertz CT molecular complexity index is 502. The number of halogens is 1. The maximum absolute atomic E-state index is 6.08. The summed E-state index contributed by atoms with van der Waals surface area (Å²) in [6, 6.07) is 8.73. The van der Waals surface area contributed by atoms with Crippen LogP contribution < -0.4 is 10.6 Å². The lowest BCUT2D eigenvalue weighted by atomic mass is 9.89. The summed E-state index contributed by atoms with van der Waals surface area (Å²) in [5.41, 5.74) is 2.57. The Kier molecular flexibility index (Phi) is 9.66. The second kappa shape index (κ2) is 10.9. The van der Waals surface area contributed by atoms with Crippen LogP contribution in [0.25, 0.3) is 0 Å². The van der Waals surface area contributed by atoms with E-state index in [1.54, 1.807) is 0 Å². The van der Waals surface area contributed by atoms with Gasteiger partial charge in [-0.3, -0.25) is 4.99 Å². The molecule has 1 aromatic carbocycles. The number of ether oxygens (including phenoxy) is 1. The van der Waals surface area contributed by atoms with Gasteiger partial charge < -0.3 is 15.4 Å². The van der Waals surface area contributed by atoms with Gasteiger partial charge in [-0.05, 0) is 31.2 Å². The summed E-state index contributed by atoms with van der Waals surface area (Å²) in [4.78, 5) is 4.31. The number of aryl methyl sites for hydroxylation is 1. The van der Waals surface area contributed by atoms with Gasteiger partial charge in [-0.15, -0.1) is 24.0 Å². The Labute approximate surface area is 163 Å². The van der Waals surface area contributed by atoms with E-state index in [0.717, 1.165) is 32.1 Å². The van der Waals surface area contributed by atoms with Crippen LogP contribution in [0.2, 0.25) is 0 Å². The van der Waals surface area contributed by atoms with Crippen LogP contribution in [0.15, 0.2) is 29.3 Å². The standard InChI is InChI=1S/C19H31N3O.HI/c1-14(2)12-21-19(20-4)22-13-17-6-5-11-23-18(17)16-9-7-15(3)8-10-16;/h7-10,14,17-18H,5-6,11-13H2,1-4H3,(H2,20,21,22);1H. The molecule has 2 atom stereocenters. The summed E-state index contributed by atoms with van der Waals surface area (Å²) < 4.78 is 6.08. The monoisotopic (exact) mass is 445 g/mol. The summed E-state index contributed by atoms with van der Waals surface area (Å²) in [5.74, 6) is 1.96. The topological polar surface area (TPSA) is 45.7 Å². The number of nitrogens with zero attached hydrogens (tertiary/aromatic N) is 1. The molecule has 2 unspecified atom stereocenters. The van der Waals surface area contributed by atoms with E-state index < -0.39 is 0 Å². The summed E-state index contributed by atoms with van der Waals surface area (Å²) in [5, 5.41) is 6.83. The van der Waals surface area contributed by atoms with Crippen molar-refractivity contribution >= 4 is 29.9 Å². The predicted octanol–water partition coefficient (Wildman–Crippen LogP) is 3.90. The van der Waals surface area contributed by atoms with Crippen LogP contribution in [0, 0.1) is 18.8 Å². The van der Waals surface area contributed by atoms with E-state index in [2.05, 4.69) is 60.7 Å². The molecule has 2 rings (SSSR count). The third-order valence-electron chi connectivity index (χ3n) is 4.28. The van der Waals surface area contributed by atoms with Crippen molar-refractivity contribution in [3.05, 3.63) is 35.4 Å². The number of aliphatic imine (C=N–C) groups is 1. The van der Waals surface area contributed by atoms with Crippen LogP contribution in [0.1, 0.15) is 43.9 Å². The highest BCUT2D eigenvalue weighted by Crippen LogP contribution is 2.33. The zero-order valence-electron chi connectivity index (χ0n) is 15.3. The van der Waals surface area contributed by atoms with Crippen LogP contribution in [0.5, 0.6) is 0 Å². The molecule has 1 fully saturated rings. The van der Waals surface area contributed by atoms with Crippen LogP contribution in [0.4, 0.5) is 0 Å². The van der Waals surface area contributed by atoms with Crippen molar-refractivity contribution in [2.45, 2.75) is 39.7 Å². The number of rotatable bonds is 5. The molecule has 1 heterocycles. The zero-order chi connectivity index (χ0) is 16.7. The molecular weight excluding hydrogens is 413 g/mol. The first-order valence-electron chi connectivity index (χ1n) is 8.73. The van der Waals surface area contributed by atoms with Gasteiger partial charge in [0.1, 0.15) is 0 Å². The van der Waals surface area contributed by atoms with Crippen LogP contribution in [0.3, 0.4) is 0 Å². The van der Waals surface area contributed by atoms with Crippen molar-refractivity contribution < 1.29 is 4.74 Å². The number of nitrogens with one attached hydrogen (secondary N) is 2. The maximum Gasteiger partial charge on any atom is 0.190 e. The lowest BCUT2D eigenvalue weighted by Crippen LogP contribution is -2.43. The third kappa shape index (κ3) is 6.59. The van der Waals surface area contributed by atoms with Gasteiger partial charge in [-0.2, -0.15) is 0 Å². The van der Waals surface area contributed by atoms with E-state index >= 15 is 0 Å². The Balaban J connectivity index is 0.00000288. The van der Waals surface area contributed by atoms with E-state index in [1.165, 1.54) is 17.5 Å². The molecule has 0 saturated carbocycles. The molecule has 5 heteroatoms. The van der Waals surface area contributed by atoms with Gasteiger partial charge in [-0.25, -0.2) is 0 Å². The maximum atomic E-state index is 6.08. The minimum Gasteiger partial charge on any atom is -0.373 e. The minimum atomic E-state index is 0. The molecule has 0 aliphatic carbocycles. The normalized spacial score (nSPS) is 21.3. The molecule has 0 spiro atoms. The average molecular weight is 445 g/mol. The Morgan fingerprint density at radius 2 is 1.96 bits per heavy atom. The number of hydrogen-bond donors (Lipinski definition) is 2. The number of hydrogen-bond acceptors (Lipinski definition) is 2.